The number of carbonyl (C=O) groups is 2. The van der Waals surface area contributed by atoms with E-state index in [1.807, 2.05) is 17.5 Å². The minimum absolute atomic E-state index is 0.123. The highest BCUT2D eigenvalue weighted by atomic mass is 32.1. The Morgan fingerprint density at radius 2 is 1.96 bits per heavy atom. The molecule has 2 aromatic heterocycles. The number of hydrogen-bond acceptors (Lipinski definition) is 5. The Balaban J connectivity index is 1.66. The number of rotatable bonds is 5. The van der Waals surface area contributed by atoms with E-state index in [1.165, 1.54) is 11.3 Å². The molecule has 128 valence electrons. The van der Waals surface area contributed by atoms with Gasteiger partial charge in [-0.15, -0.1) is 11.3 Å². The van der Waals surface area contributed by atoms with Gasteiger partial charge in [0.2, 0.25) is 11.8 Å². The molecule has 3 rings (SSSR count). The topological polar surface area (TPSA) is 84.2 Å². The zero-order chi connectivity index (χ0) is 17.8. The van der Waals surface area contributed by atoms with Crippen LogP contribution < -0.4 is 10.6 Å². The molecule has 0 aliphatic carbocycles. The maximum absolute atomic E-state index is 12.2. The Morgan fingerprint density at radius 1 is 1.20 bits per heavy atom. The third-order valence-electron chi connectivity index (χ3n) is 3.61. The van der Waals surface area contributed by atoms with Crippen molar-refractivity contribution in [1.29, 1.82) is 0 Å². The normalized spacial score (nSPS) is 10.5. The molecule has 0 spiro atoms. The maximum Gasteiger partial charge on any atom is 0.251 e. The lowest BCUT2D eigenvalue weighted by Crippen LogP contribution is -2.18. The Hall–Kier alpha value is -2.93. The molecule has 0 radical (unpaired) electrons. The number of amides is 2. The van der Waals surface area contributed by atoms with Gasteiger partial charge in [-0.2, -0.15) is 0 Å². The van der Waals surface area contributed by atoms with Gasteiger partial charge in [-0.3, -0.25) is 9.59 Å². The first-order valence-corrected chi connectivity index (χ1v) is 8.57. The molecule has 0 saturated heterocycles. The van der Waals surface area contributed by atoms with Crippen molar-refractivity contribution in [1.82, 2.24) is 10.3 Å². The van der Waals surface area contributed by atoms with E-state index in [4.69, 9.17) is 4.42 Å². The summed E-state index contributed by atoms with van der Waals surface area (Å²) in [6.07, 6.45) is 0.123. The molecule has 2 amide bonds. The average molecular weight is 355 g/mol. The van der Waals surface area contributed by atoms with E-state index in [0.717, 1.165) is 4.88 Å². The molecule has 3 aromatic rings. The lowest BCUT2D eigenvalue weighted by Gasteiger charge is -2.05. The van der Waals surface area contributed by atoms with Gasteiger partial charge >= 0.3 is 0 Å². The molecule has 0 aliphatic rings. The van der Waals surface area contributed by atoms with Gasteiger partial charge in [0.15, 0.2) is 0 Å². The summed E-state index contributed by atoms with van der Waals surface area (Å²) in [5.74, 6) is 0.803. The fourth-order valence-electron chi connectivity index (χ4n) is 2.30. The quantitative estimate of drug-likeness (QED) is 0.736. The summed E-state index contributed by atoms with van der Waals surface area (Å²) in [4.78, 5) is 29.1. The standard InChI is InChI=1S/C18H17N3O3S/c1-11-14(21-18(24-11)15-4-3-9-25-15)10-16(22)20-13-7-5-12(6-8-13)17(23)19-2/h3-9H,10H2,1-2H3,(H,19,23)(H,20,22). The van der Waals surface area contributed by atoms with Crippen LogP contribution in [0.2, 0.25) is 0 Å². The second-order valence-electron chi connectivity index (χ2n) is 5.38. The maximum atomic E-state index is 12.2. The predicted molar refractivity (Wildman–Crippen MR) is 96.7 cm³/mol. The zero-order valence-corrected chi connectivity index (χ0v) is 14.6. The SMILES string of the molecule is CNC(=O)c1ccc(NC(=O)Cc2nc(-c3cccs3)oc2C)cc1. The van der Waals surface area contributed by atoms with Crippen LogP contribution in [0.4, 0.5) is 5.69 Å². The van der Waals surface area contributed by atoms with E-state index in [9.17, 15) is 9.59 Å². The van der Waals surface area contributed by atoms with Gasteiger partial charge in [0.05, 0.1) is 17.0 Å². The highest BCUT2D eigenvalue weighted by Gasteiger charge is 2.15. The number of carbonyl (C=O) groups excluding carboxylic acids is 2. The number of benzene rings is 1. The van der Waals surface area contributed by atoms with Crippen LogP contribution in [0.1, 0.15) is 21.8 Å². The summed E-state index contributed by atoms with van der Waals surface area (Å²) in [6, 6.07) is 10.5. The fraction of sp³-hybridized carbons (Fsp3) is 0.167. The van der Waals surface area contributed by atoms with Crippen molar-refractivity contribution >= 4 is 28.8 Å². The first kappa shape index (κ1) is 16.9. The van der Waals surface area contributed by atoms with Crippen LogP contribution in [-0.4, -0.2) is 23.8 Å². The molecule has 6 nitrogen and oxygen atoms in total. The lowest BCUT2D eigenvalue weighted by molar-refractivity contribution is -0.115. The molecule has 0 atom stereocenters. The molecular weight excluding hydrogens is 338 g/mol. The van der Waals surface area contributed by atoms with Gasteiger partial charge in [-0.05, 0) is 42.6 Å². The summed E-state index contributed by atoms with van der Waals surface area (Å²) in [5.41, 5.74) is 1.77. The number of thiophene rings is 1. The Kier molecular flexibility index (Phi) is 4.95. The smallest absolute Gasteiger partial charge is 0.251 e. The van der Waals surface area contributed by atoms with Gasteiger partial charge in [0.25, 0.3) is 5.91 Å². The first-order valence-electron chi connectivity index (χ1n) is 7.69. The van der Waals surface area contributed by atoms with E-state index in [2.05, 4.69) is 15.6 Å². The lowest BCUT2D eigenvalue weighted by atomic mass is 10.2. The molecular formula is C18H17N3O3S. The van der Waals surface area contributed by atoms with Crippen LogP contribution in [0.5, 0.6) is 0 Å². The van der Waals surface area contributed by atoms with Crippen LogP contribution in [0.3, 0.4) is 0 Å². The number of nitrogens with one attached hydrogen (secondary N) is 2. The van der Waals surface area contributed by atoms with E-state index in [-0.39, 0.29) is 18.2 Å². The van der Waals surface area contributed by atoms with Crippen LogP contribution in [0.25, 0.3) is 10.8 Å². The molecule has 0 saturated carbocycles. The third-order valence-corrected chi connectivity index (χ3v) is 4.47. The van der Waals surface area contributed by atoms with Crippen molar-refractivity contribution in [2.75, 3.05) is 12.4 Å². The van der Waals surface area contributed by atoms with Crippen molar-refractivity contribution < 1.29 is 14.0 Å². The molecule has 1 aromatic carbocycles. The summed E-state index contributed by atoms with van der Waals surface area (Å²) in [5, 5.41) is 7.29. The second-order valence-corrected chi connectivity index (χ2v) is 6.33. The molecule has 0 aliphatic heterocycles. The summed E-state index contributed by atoms with van der Waals surface area (Å²) >= 11 is 1.54. The molecule has 0 unspecified atom stereocenters. The molecule has 2 N–H and O–H groups in total. The van der Waals surface area contributed by atoms with Crippen molar-refractivity contribution in [3.8, 4) is 10.8 Å². The van der Waals surface area contributed by atoms with Crippen molar-refractivity contribution in [3.05, 3.63) is 58.8 Å². The molecule has 7 heteroatoms. The van der Waals surface area contributed by atoms with Gasteiger partial charge in [-0.1, -0.05) is 6.07 Å². The summed E-state index contributed by atoms with van der Waals surface area (Å²) in [7, 11) is 1.57. The van der Waals surface area contributed by atoms with Gasteiger partial charge in [0, 0.05) is 18.3 Å². The van der Waals surface area contributed by atoms with Crippen LogP contribution in [0, 0.1) is 6.92 Å². The van der Waals surface area contributed by atoms with Crippen molar-refractivity contribution in [2.24, 2.45) is 0 Å². The number of hydrogen-bond donors (Lipinski definition) is 2. The fourth-order valence-corrected chi connectivity index (χ4v) is 2.95. The molecule has 2 heterocycles. The highest BCUT2D eigenvalue weighted by Crippen LogP contribution is 2.26. The summed E-state index contributed by atoms with van der Waals surface area (Å²) < 4.78 is 5.64. The monoisotopic (exact) mass is 355 g/mol. The van der Waals surface area contributed by atoms with E-state index in [1.54, 1.807) is 38.2 Å². The molecule has 25 heavy (non-hydrogen) atoms. The summed E-state index contributed by atoms with van der Waals surface area (Å²) in [6.45, 7) is 1.80. The van der Waals surface area contributed by atoms with E-state index < -0.39 is 0 Å². The van der Waals surface area contributed by atoms with Gasteiger partial charge in [-0.25, -0.2) is 4.98 Å². The highest BCUT2D eigenvalue weighted by molar-refractivity contribution is 7.13. The van der Waals surface area contributed by atoms with Crippen molar-refractivity contribution in [3.63, 3.8) is 0 Å². The van der Waals surface area contributed by atoms with E-state index >= 15 is 0 Å². The predicted octanol–water partition coefficient (Wildman–Crippen LogP) is 3.25. The van der Waals surface area contributed by atoms with Crippen LogP contribution in [0.15, 0.2) is 46.2 Å². The Morgan fingerprint density at radius 3 is 2.60 bits per heavy atom. The number of oxazole rings is 1. The molecule has 0 bridgehead atoms. The Labute approximate surface area is 148 Å². The number of anilines is 1. The first-order chi connectivity index (χ1) is 12.1. The number of nitrogens with zero attached hydrogens (tertiary/aromatic N) is 1. The van der Waals surface area contributed by atoms with E-state index in [0.29, 0.717) is 28.6 Å². The van der Waals surface area contributed by atoms with Crippen LogP contribution in [-0.2, 0) is 11.2 Å². The third kappa shape index (κ3) is 3.95. The van der Waals surface area contributed by atoms with Crippen molar-refractivity contribution in [2.45, 2.75) is 13.3 Å². The van der Waals surface area contributed by atoms with Gasteiger partial charge in [0.1, 0.15) is 5.76 Å². The second kappa shape index (κ2) is 7.31. The van der Waals surface area contributed by atoms with Crippen LogP contribution >= 0.6 is 11.3 Å². The molecule has 0 fully saturated rings. The minimum atomic E-state index is -0.193. The Bertz CT molecular complexity index is 883. The minimum Gasteiger partial charge on any atom is -0.440 e. The number of aryl methyl sites for hydroxylation is 1. The average Bonchev–Trinajstić information content (AvgIpc) is 3.25. The largest absolute Gasteiger partial charge is 0.440 e. The number of aromatic nitrogens is 1. The van der Waals surface area contributed by atoms with Gasteiger partial charge < -0.3 is 15.1 Å². The zero-order valence-electron chi connectivity index (χ0n) is 13.8.